The topological polar surface area (TPSA) is 126 Å². The molecule has 4 rings (SSSR count). The van der Waals surface area contributed by atoms with Gasteiger partial charge in [-0.15, -0.1) is 4.33 Å². The number of hydrogen-bond acceptors (Lipinski definition) is 12. The molecule has 0 aromatic heterocycles. The number of halogens is 4. The van der Waals surface area contributed by atoms with Crippen LogP contribution in [0.1, 0.15) is 20.8 Å². The molecule has 17 heteroatoms. The summed E-state index contributed by atoms with van der Waals surface area (Å²) in [5.74, 6) is 3.27. The average Bonchev–Trinajstić information content (AvgIpc) is 3.18. The Bertz CT molecular complexity index is 1590. The zero-order valence-corrected chi connectivity index (χ0v) is 40.0. The van der Waals surface area contributed by atoms with Gasteiger partial charge in [-0.25, -0.2) is 9.68 Å². The van der Waals surface area contributed by atoms with E-state index in [4.69, 9.17) is 33.0 Å². The van der Waals surface area contributed by atoms with Gasteiger partial charge in [0.15, 0.2) is 12.3 Å². The molecule has 0 unspecified atom stereocenters. The summed E-state index contributed by atoms with van der Waals surface area (Å²) >= 11 is 14.1. The third-order valence-corrected chi connectivity index (χ3v) is 8.78. The number of aliphatic hydroxyl groups excluding tert-OH is 1. The molecular weight excluding hydrogens is 1020 g/mol. The van der Waals surface area contributed by atoms with Crippen LogP contribution in [-0.2, 0) is 18.1 Å². The Hall–Kier alpha value is -2.58. The first-order chi connectivity index (χ1) is 27.3. The summed E-state index contributed by atoms with van der Waals surface area (Å²) in [5, 5.41) is 11.5. The summed E-state index contributed by atoms with van der Waals surface area (Å²) in [5.41, 5.74) is -0.474. The summed E-state index contributed by atoms with van der Waals surface area (Å²) < 4.78 is 40.2. The van der Waals surface area contributed by atoms with Gasteiger partial charge in [0.05, 0.1) is 26.9 Å². The number of benzene rings is 4. The highest BCUT2D eigenvalue weighted by Crippen LogP contribution is 2.19. The van der Waals surface area contributed by atoms with E-state index in [1.165, 1.54) is 12.0 Å². The van der Waals surface area contributed by atoms with Gasteiger partial charge in [-0.05, 0) is 125 Å². The van der Waals surface area contributed by atoms with E-state index in [-0.39, 0.29) is 12.7 Å². The highest BCUT2D eigenvalue weighted by atomic mass is 79.9. The Labute approximate surface area is 375 Å². The molecule has 4 aromatic rings. The fourth-order valence-corrected chi connectivity index (χ4v) is 4.85. The molecule has 57 heavy (non-hydrogen) atoms. The molecule has 1 amide bonds. The van der Waals surface area contributed by atoms with E-state index in [2.05, 4.69) is 78.3 Å². The highest BCUT2D eigenvalue weighted by molar-refractivity contribution is 9.11. The Kier molecular flexibility index (Phi) is 29.7. The molecule has 0 saturated heterocycles. The first-order valence-corrected chi connectivity index (χ1v) is 21.3. The number of aliphatic hydroxyl groups is 1. The summed E-state index contributed by atoms with van der Waals surface area (Å²) in [7, 11) is 5.01. The van der Waals surface area contributed by atoms with Crippen molar-refractivity contribution in [3.05, 3.63) is 115 Å². The first kappa shape index (κ1) is 52.4. The highest BCUT2D eigenvalue weighted by Gasteiger charge is 2.19. The van der Waals surface area contributed by atoms with Gasteiger partial charge in [-0.3, -0.25) is 4.18 Å². The van der Waals surface area contributed by atoms with E-state index in [0.29, 0.717) is 39.6 Å². The van der Waals surface area contributed by atoms with Crippen molar-refractivity contribution in [2.24, 2.45) is 0 Å². The largest absolute Gasteiger partial charge is 0.492 e. The second kappa shape index (κ2) is 32.3. The van der Waals surface area contributed by atoms with Gasteiger partial charge < -0.3 is 39.0 Å². The lowest BCUT2D eigenvalue weighted by atomic mass is 10.2. The molecule has 0 radical (unpaired) electrons. The van der Waals surface area contributed by atoms with Crippen molar-refractivity contribution in [3.8, 4) is 23.0 Å². The van der Waals surface area contributed by atoms with Crippen molar-refractivity contribution >= 4 is 82.1 Å². The minimum absolute atomic E-state index is 0.0517. The van der Waals surface area contributed by atoms with Crippen LogP contribution >= 0.6 is 76.0 Å². The quantitative estimate of drug-likeness (QED) is 0.0426. The van der Waals surface area contributed by atoms with E-state index >= 15 is 0 Å². The fraction of sp³-hybridized carbons (Fsp3) is 0.375. The normalized spacial score (nSPS) is 10.3. The summed E-state index contributed by atoms with van der Waals surface area (Å²) in [4.78, 5) is 17.5. The lowest BCUT2D eigenvalue weighted by molar-refractivity contribution is -0.166. The van der Waals surface area contributed by atoms with Gasteiger partial charge in [0.25, 0.3) is 0 Å². The van der Waals surface area contributed by atoms with Crippen LogP contribution in [0.4, 0.5) is 4.79 Å². The molecule has 0 atom stereocenters. The molecule has 0 aliphatic carbocycles. The Morgan fingerprint density at radius 2 is 1.04 bits per heavy atom. The monoisotopic (exact) mass is 1070 g/mol. The van der Waals surface area contributed by atoms with Crippen LogP contribution in [0.15, 0.2) is 115 Å². The lowest BCUT2D eigenvalue weighted by Crippen LogP contribution is -2.36. The molecule has 0 spiro atoms. The maximum Gasteiger partial charge on any atom is 0.410 e. The van der Waals surface area contributed by atoms with E-state index in [1.807, 2.05) is 125 Å². The zero-order chi connectivity index (χ0) is 42.3. The molecule has 0 saturated carbocycles. The molecule has 0 heterocycles. The molecule has 12 nitrogen and oxygen atoms in total. The second-order valence-corrected chi connectivity index (χ2v) is 16.2. The third kappa shape index (κ3) is 29.3. The van der Waals surface area contributed by atoms with Crippen LogP contribution in [0.5, 0.6) is 23.0 Å². The maximum atomic E-state index is 11.7. The number of amides is 1. The summed E-state index contributed by atoms with van der Waals surface area (Å²) in [6.45, 7) is 9.30. The van der Waals surface area contributed by atoms with E-state index in [0.717, 1.165) is 59.8 Å². The molecule has 316 valence electrons. The zero-order valence-electron chi connectivity index (χ0n) is 32.9. The van der Waals surface area contributed by atoms with Crippen LogP contribution in [0.3, 0.4) is 0 Å². The number of carbonyl (C=O) groups excluding carboxylic acids is 1. The van der Waals surface area contributed by atoms with Crippen LogP contribution in [0.25, 0.3) is 0 Å². The number of hydrogen-bond donors (Lipinski definition) is 2. The molecule has 0 fully saturated rings. The molecule has 0 bridgehead atoms. The van der Waals surface area contributed by atoms with E-state index in [9.17, 15) is 4.79 Å². The van der Waals surface area contributed by atoms with Crippen molar-refractivity contribution in [1.82, 2.24) is 10.2 Å². The molecule has 0 aliphatic heterocycles. The fourth-order valence-electron chi connectivity index (χ4n) is 3.56. The SMILES string of the molecule is CN(CCOc1ccc(Br)cc1)C(=O)OC(C)(C)C.CNCCOc1ccc(Br)cc1.COOSOCCOc1ccc(Br)cc1.OCCOc1ccc(Br)cc1. The number of ether oxygens (including phenoxy) is 5. The van der Waals surface area contributed by atoms with Crippen LogP contribution < -0.4 is 24.3 Å². The minimum atomic E-state index is -0.474. The van der Waals surface area contributed by atoms with Gasteiger partial charge in [0.2, 0.25) is 0 Å². The number of carbonyl (C=O) groups is 1. The molecule has 4 aromatic carbocycles. The Morgan fingerprint density at radius 3 is 1.40 bits per heavy atom. The third-order valence-electron chi connectivity index (χ3n) is 6.22. The maximum absolute atomic E-state index is 11.7. The van der Waals surface area contributed by atoms with Crippen molar-refractivity contribution in [2.45, 2.75) is 26.4 Å². The second-order valence-electron chi connectivity index (χ2n) is 12.1. The van der Waals surface area contributed by atoms with Crippen molar-refractivity contribution < 1.29 is 47.0 Å². The van der Waals surface area contributed by atoms with Gasteiger partial charge in [-0.1, -0.05) is 63.7 Å². The Morgan fingerprint density at radius 1 is 0.649 bits per heavy atom. The standard InChI is InChI=1S/C14H20BrNO3.C9H12BrNO.C9H11BrO4S.C8H9BrO2/c1-14(2,3)19-13(17)16(4)9-10-18-12-7-5-11(15)6-8-12;1-11-6-7-12-9-4-2-8(10)3-5-9;1-11-14-15-13-7-6-12-9-4-2-8(10)3-5-9;9-7-1-3-8(4-2-7)11-6-5-10/h5-8H,9-10H2,1-4H3;2-5,11H,6-7H2,1H3;2-5H,6-7H2,1H3;1-4,10H,5-6H2. The van der Waals surface area contributed by atoms with Gasteiger partial charge in [0.1, 0.15) is 55.0 Å². The predicted molar refractivity (Wildman–Crippen MR) is 240 cm³/mol. The number of rotatable bonds is 18. The van der Waals surface area contributed by atoms with E-state index in [1.54, 1.807) is 7.05 Å². The molecule has 2 N–H and O–H groups in total. The predicted octanol–water partition coefficient (Wildman–Crippen LogP) is 10.5. The van der Waals surface area contributed by atoms with Crippen LogP contribution in [0, 0.1) is 0 Å². The van der Waals surface area contributed by atoms with Crippen LogP contribution in [0.2, 0.25) is 0 Å². The minimum Gasteiger partial charge on any atom is -0.492 e. The number of nitrogens with zero attached hydrogens (tertiary/aromatic N) is 1. The molecule has 0 aliphatic rings. The smallest absolute Gasteiger partial charge is 0.410 e. The van der Waals surface area contributed by atoms with Gasteiger partial charge >= 0.3 is 6.09 Å². The van der Waals surface area contributed by atoms with Crippen molar-refractivity contribution in [2.75, 3.05) is 73.9 Å². The number of likely N-dealkylation sites (N-methyl/N-ethyl adjacent to an activating group) is 2. The summed E-state index contributed by atoms with van der Waals surface area (Å²) in [6.07, 6.45) is -0.341. The van der Waals surface area contributed by atoms with Gasteiger partial charge in [0, 0.05) is 31.5 Å². The van der Waals surface area contributed by atoms with Gasteiger partial charge in [-0.2, -0.15) is 0 Å². The van der Waals surface area contributed by atoms with Crippen molar-refractivity contribution in [3.63, 3.8) is 0 Å². The molecular formula is C40H52Br4N2O10S. The van der Waals surface area contributed by atoms with E-state index < -0.39 is 5.60 Å². The van der Waals surface area contributed by atoms with Crippen LogP contribution in [-0.4, -0.2) is 95.6 Å². The average molecular weight is 1070 g/mol. The lowest BCUT2D eigenvalue weighted by Gasteiger charge is -2.24. The summed E-state index contributed by atoms with van der Waals surface area (Å²) in [6, 6.07) is 30.5. The Balaban J connectivity index is 0.000000388. The first-order valence-electron chi connectivity index (χ1n) is 17.5. The van der Waals surface area contributed by atoms with Crippen molar-refractivity contribution in [1.29, 1.82) is 0 Å². The number of nitrogens with one attached hydrogen (secondary N) is 1.